The fraction of sp³-hybridized carbons (Fsp3) is 0.476. The van der Waals surface area contributed by atoms with Crippen LogP contribution in [0.5, 0.6) is 0 Å². The third-order valence-electron chi connectivity index (χ3n) is 4.92. The Kier molecular flexibility index (Phi) is 9.43. The van der Waals surface area contributed by atoms with Gasteiger partial charge in [-0.2, -0.15) is 0 Å². The van der Waals surface area contributed by atoms with Crippen molar-refractivity contribution < 1.29 is 13.9 Å². The summed E-state index contributed by atoms with van der Waals surface area (Å²) in [6, 6.07) is 10.1. The lowest BCUT2D eigenvalue weighted by molar-refractivity contribution is -0.149. The summed E-state index contributed by atoms with van der Waals surface area (Å²) in [4.78, 5) is 20.7. The molecule has 0 bridgehead atoms. The molecule has 8 heteroatoms. The van der Waals surface area contributed by atoms with Gasteiger partial charge in [-0.1, -0.05) is 18.2 Å². The van der Waals surface area contributed by atoms with E-state index in [0.29, 0.717) is 25.1 Å². The minimum Gasteiger partial charge on any atom is -0.466 e. The van der Waals surface area contributed by atoms with E-state index < -0.39 is 0 Å². The summed E-state index contributed by atoms with van der Waals surface area (Å²) in [5.41, 5.74) is 1.77. The number of carbonyl (C=O) groups is 1. The lowest BCUT2D eigenvalue weighted by Gasteiger charge is -2.29. The van der Waals surface area contributed by atoms with Crippen molar-refractivity contribution in [3.63, 3.8) is 0 Å². The molecule has 0 atom stereocenters. The predicted octanol–water partition coefficient (Wildman–Crippen LogP) is 3.75. The number of ether oxygens (including phenoxy) is 1. The van der Waals surface area contributed by atoms with Crippen LogP contribution < -0.4 is 10.6 Å². The molecule has 0 aliphatic heterocycles. The van der Waals surface area contributed by atoms with Gasteiger partial charge in [0.25, 0.3) is 0 Å². The Hall–Kier alpha value is -2.10. The maximum absolute atomic E-state index is 11.9. The second-order valence-electron chi connectivity index (χ2n) is 6.88. The topological polar surface area (TPSA) is 88.8 Å². The molecule has 0 spiro atoms. The molecule has 2 N–H and O–H groups in total. The molecule has 0 saturated heterocycles. The number of nitrogens with one attached hydrogen (secondary N) is 2. The van der Waals surface area contributed by atoms with Gasteiger partial charge < -0.3 is 19.8 Å². The third kappa shape index (κ3) is 6.73. The van der Waals surface area contributed by atoms with Gasteiger partial charge in [-0.15, -0.1) is 24.0 Å². The molecule has 158 valence electrons. The fourth-order valence-corrected chi connectivity index (χ4v) is 3.40. The first-order chi connectivity index (χ1) is 13.7. The largest absolute Gasteiger partial charge is 0.466 e. The Balaban J connectivity index is 0.00000300. The first-order valence-corrected chi connectivity index (χ1v) is 9.83. The highest BCUT2D eigenvalue weighted by Crippen LogP contribution is 2.25. The van der Waals surface area contributed by atoms with Crippen LogP contribution in [0.15, 0.2) is 46.0 Å². The van der Waals surface area contributed by atoms with Gasteiger partial charge >= 0.3 is 5.97 Å². The summed E-state index contributed by atoms with van der Waals surface area (Å²) < 4.78 is 10.7. The number of guanidine groups is 1. The molecule has 1 aromatic heterocycles. The molecule has 7 nitrogen and oxygen atoms in total. The number of hydrogen-bond donors (Lipinski definition) is 2. The third-order valence-corrected chi connectivity index (χ3v) is 4.92. The van der Waals surface area contributed by atoms with Crippen molar-refractivity contribution in [3.05, 3.63) is 42.3 Å². The maximum Gasteiger partial charge on any atom is 0.308 e. The average Bonchev–Trinajstić information content (AvgIpc) is 3.21. The predicted molar refractivity (Wildman–Crippen MR) is 123 cm³/mol. The number of aromatic nitrogens is 1. The number of halogens is 1. The van der Waals surface area contributed by atoms with Crippen LogP contribution >= 0.6 is 24.0 Å². The number of carbonyl (C=O) groups excluding carboxylic acids is 1. The van der Waals surface area contributed by atoms with Gasteiger partial charge in [-0.25, -0.2) is 4.98 Å². The molecular formula is C21H29IN4O3. The molecule has 29 heavy (non-hydrogen) atoms. The quantitative estimate of drug-likeness (QED) is 0.265. The van der Waals surface area contributed by atoms with E-state index >= 15 is 0 Å². The van der Waals surface area contributed by atoms with Crippen LogP contribution in [-0.2, 0) is 16.1 Å². The molecule has 1 fully saturated rings. The zero-order chi connectivity index (χ0) is 19.8. The van der Waals surface area contributed by atoms with Crippen LogP contribution in [0.2, 0.25) is 0 Å². The van der Waals surface area contributed by atoms with E-state index in [9.17, 15) is 4.79 Å². The molecule has 1 saturated carbocycles. The summed E-state index contributed by atoms with van der Waals surface area (Å²) in [5.74, 6) is 1.30. The van der Waals surface area contributed by atoms with Gasteiger partial charge in [0.1, 0.15) is 6.26 Å². The number of aliphatic imine (C=N–C) groups is 1. The number of hydrogen-bond acceptors (Lipinski definition) is 5. The van der Waals surface area contributed by atoms with Crippen LogP contribution in [0.4, 0.5) is 0 Å². The van der Waals surface area contributed by atoms with E-state index in [1.807, 2.05) is 37.3 Å². The van der Waals surface area contributed by atoms with Crippen molar-refractivity contribution in [2.24, 2.45) is 10.9 Å². The van der Waals surface area contributed by atoms with Gasteiger partial charge in [-0.3, -0.25) is 9.79 Å². The van der Waals surface area contributed by atoms with Gasteiger partial charge in [0, 0.05) is 18.7 Å². The molecule has 1 aromatic carbocycles. The van der Waals surface area contributed by atoms with Crippen LogP contribution in [0, 0.1) is 5.92 Å². The minimum atomic E-state index is -0.0660. The lowest BCUT2D eigenvalue weighted by atomic mass is 9.86. The molecule has 1 heterocycles. The Morgan fingerprint density at radius 2 is 1.97 bits per heavy atom. The zero-order valence-electron chi connectivity index (χ0n) is 16.9. The second-order valence-corrected chi connectivity index (χ2v) is 6.88. The van der Waals surface area contributed by atoms with Crippen LogP contribution in [0.3, 0.4) is 0 Å². The molecule has 0 amide bonds. The summed E-state index contributed by atoms with van der Waals surface area (Å²) in [6.45, 7) is 2.81. The van der Waals surface area contributed by atoms with Crippen molar-refractivity contribution in [2.45, 2.75) is 45.2 Å². The Labute approximate surface area is 188 Å². The fourth-order valence-electron chi connectivity index (χ4n) is 3.40. The molecule has 0 unspecified atom stereocenters. The summed E-state index contributed by atoms with van der Waals surface area (Å²) >= 11 is 0. The number of oxazole rings is 1. The summed E-state index contributed by atoms with van der Waals surface area (Å²) in [7, 11) is 1.75. The first kappa shape index (κ1) is 23.2. The number of rotatable bonds is 6. The lowest BCUT2D eigenvalue weighted by Crippen LogP contribution is -2.45. The van der Waals surface area contributed by atoms with Crippen LogP contribution in [-0.4, -0.2) is 36.6 Å². The SMILES string of the molecule is CCOC(=O)C1CCC(NC(=NC)NCc2coc(-c3ccccc3)n2)CC1.I. The zero-order valence-corrected chi connectivity index (χ0v) is 19.2. The number of benzene rings is 1. The normalized spacial score (nSPS) is 19.2. The molecule has 1 aliphatic rings. The standard InChI is InChI=1S/C21H28N4O3.HI/c1-3-27-20(26)16-9-11-17(12-10-16)25-21(22-2)23-13-18-14-28-19(24-18)15-7-5-4-6-8-15;/h4-8,14,16-17H,3,9-13H2,1-2H3,(H2,22,23,25);1H. The van der Waals surface area contributed by atoms with Gasteiger partial charge in [-0.05, 0) is 44.7 Å². The molecule has 3 rings (SSSR count). The minimum absolute atomic E-state index is 0. The highest BCUT2D eigenvalue weighted by molar-refractivity contribution is 14.0. The Morgan fingerprint density at radius 1 is 1.24 bits per heavy atom. The highest BCUT2D eigenvalue weighted by Gasteiger charge is 2.27. The summed E-state index contributed by atoms with van der Waals surface area (Å²) in [6.07, 6.45) is 5.19. The van der Waals surface area contributed by atoms with E-state index in [0.717, 1.165) is 42.9 Å². The van der Waals surface area contributed by atoms with E-state index in [1.54, 1.807) is 13.3 Å². The van der Waals surface area contributed by atoms with Crippen LogP contribution in [0.25, 0.3) is 11.5 Å². The van der Waals surface area contributed by atoms with Gasteiger partial charge in [0.05, 0.1) is 24.8 Å². The van der Waals surface area contributed by atoms with E-state index in [4.69, 9.17) is 9.15 Å². The van der Waals surface area contributed by atoms with Crippen molar-refractivity contribution in [2.75, 3.05) is 13.7 Å². The first-order valence-electron chi connectivity index (χ1n) is 9.83. The van der Waals surface area contributed by atoms with Gasteiger partial charge in [0.2, 0.25) is 5.89 Å². The smallest absolute Gasteiger partial charge is 0.308 e. The van der Waals surface area contributed by atoms with E-state index in [2.05, 4.69) is 20.6 Å². The molecule has 2 aromatic rings. The van der Waals surface area contributed by atoms with E-state index in [1.165, 1.54) is 0 Å². The summed E-state index contributed by atoms with van der Waals surface area (Å²) in [5, 5.41) is 6.71. The average molecular weight is 512 g/mol. The van der Waals surface area contributed by atoms with Crippen molar-refractivity contribution in [1.82, 2.24) is 15.6 Å². The van der Waals surface area contributed by atoms with E-state index in [-0.39, 0.29) is 35.9 Å². The van der Waals surface area contributed by atoms with Crippen LogP contribution in [0.1, 0.15) is 38.3 Å². The maximum atomic E-state index is 11.9. The molecule has 0 radical (unpaired) electrons. The van der Waals surface area contributed by atoms with Crippen molar-refractivity contribution >= 4 is 35.9 Å². The van der Waals surface area contributed by atoms with Crippen molar-refractivity contribution in [1.29, 1.82) is 0 Å². The Morgan fingerprint density at radius 3 is 2.62 bits per heavy atom. The number of nitrogens with zero attached hydrogens (tertiary/aromatic N) is 2. The highest BCUT2D eigenvalue weighted by atomic mass is 127. The second kappa shape index (κ2) is 11.8. The Bertz CT molecular complexity index is 786. The van der Waals surface area contributed by atoms with Gasteiger partial charge in [0.15, 0.2) is 5.96 Å². The number of esters is 1. The molecule has 1 aliphatic carbocycles. The van der Waals surface area contributed by atoms with Crippen molar-refractivity contribution in [3.8, 4) is 11.5 Å². The molecular weight excluding hydrogens is 483 g/mol. The monoisotopic (exact) mass is 512 g/mol.